The molecule has 0 heteroatoms. The summed E-state index contributed by atoms with van der Waals surface area (Å²) in [6, 6.07) is 0. The minimum atomic E-state index is 0.898. The van der Waals surface area contributed by atoms with E-state index in [1.165, 1.54) is 32.1 Å². The van der Waals surface area contributed by atoms with Crippen molar-refractivity contribution in [1.29, 1.82) is 0 Å². The molecular weight excluding hydrogens is 132 g/mol. The predicted molar refractivity (Wildman–Crippen MR) is 54.9 cm³/mol. The fourth-order valence-corrected chi connectivity index (χ4v) is 0.931. The lowest BCUT2D eigenvalue weighted by molar-refractivity contribution is 0.576. The van der Waals surface area contributed by atoms with Gasteiger partial charge in [0.15, 0.2) is 0 Å². The summed E-state index contributed by atoms with van der Waals surface area (Å²) in [4.78, 5) is 0. The van der Waals surface area contributed by atoms with Crippen LogP contribution < -0.4 is 0 Å². The Labute approximate surface area is 73.4 Å². The molecule has 0 spiro atoms. The van der Waals surface area contributed by atoms with Gasteiger partial charge in [-0.1, -0.05) is 66.7 Å². The standard InChI is InChI=1S/C6H14.C5H12/c1-4-5-6(2)3;1-3-5-4-2/h6H,4-5H2,1-3H3;3-5H2,1-2H3. The van der Waals surface area contributed by atoms with E-state index in [0.717, 1.165) is 5.92 Å². The van der Waals surface area contributed by atoms with E-state index >= 15 is 0 Å². The molecule has 11 heavy (non-hydrogen) atoms. The van der Waals surface area contributed by atoms with Crippen molar-refractivity contribution >= 4 is 0 Å². The van der Waals surface area contributed by atoms with Crippen molar-refractivity contribution in [3.05, 3.63) is 0 Å². The maximum absolute atomic E-state index is 2.25. The first-order valence-corrected chi connectivity index (χ1v) is 5.18. The second-order valence-corrected chi connectivity index (χ2v) is 3.54. The fourth-order valence-electron chi connectivity index (χ4n) is 0.931. The van der Waals surface area contributed by atoms with Crippen molar-refractivity contribution in [3.63, 3.8) is 0 Å². The highest BCUT2D eigenvalue weighted by atomic mass is 13.9. The summed E-state index contributed by atoms with van der Waals surface area (Å²) < 4.78 is 0. The third-order valence-corrected chi connectivity index (χ3v) is 1.57. The lowest BCUT2D eigenvalue weighted by Gasteiger charge is -1.95. The van der Waals surface area contributed by atoms with Gasteiger partial charge >= 0.3 is 0 Å². The highest BCUT2D eigenvalue weighted by molar-refractivity contribution is 4.38. The van der Waals surface area contributed by atoms with E-state index in [1.807, 2.05) is 0 Å². The van der Waals surface area contributed by atoms with Crippen molar-refractivity contribution in [2.24, 2.45) is 5.92 Å². The summed E-state index contributed by atoms with van der Waals surface area (Å²) >= 11 is 0. The molecule has 0 aliphatic rings. The largest absolute Gasteiger partial charge is 0.0654 e. The van der Waals surface area contributed by atoms with Gasteiger partial charge in [0.1, 0.15) is 0 Å². The van der Waals surface area contributed by atoms with Crippen molar-refractivity contribution in [1.82, 2.24) is 0 Å². The minimum absolute atomic E-state index is 0.898. The Morgan fingerprint density at radius 1 is 0.818 bits per heavy atom. The minimum Gasteiger partial charge on any atom is -0.0654 e. The van der Waals surface area contributed by atoms with Gasteiger partial charge in [0.05, 0.1) is 0 Å². The van der Waals surface area contributed by atoms with Gasteiger partial charge in [-0.3, -0.25) is 0 Å². The average Bonchev–Trinajstić information content (AvgIpc) is 1.90. The van der Waals surface area contributed by atoms with E-state index in [1.54, 1.807) is 0 Å². The normalized spacial score (nSPS) is 9.27. The Morgan fingerprint density at radius 2 is 1.27 bits per heavy atom. The van der Waals surface area contributed by atoms with Crippen molar-refractivity contribution in [2.45, 2.75) is 66.7 Å². The van der Waals surface area contributed by atoms with Crippen LogP contribution in [-0.2, 0) is 0 Å². The molecule has 0 rings (SSSR count). The summed E-state index contributed by atoms with van der Waals surface area (Å²) in [5, 5.41) is 0. The Balaban J connectivity index is 0. The predicted octanol–water partition coefficient (Wildman–Crippen LogP) is 4.64. The van der Waals surface area contributed by atoms with Crippen molar-refractivity contribution < 1.29 is 0 Å². The van der Waals surface area contributed by atoms with E-state index in [0.29, 0.717) is 0 Å². The number of rotatable bonds is 4. The molecular formula is C11H26. The lowest BCUT2D eigenvalue weighted by Crippen LogP contribution is -1.81. The van der Waals surface area contributed by atoms with Crippen LogP contribution in [0.15, 0.2) is 0 Å². The van der Waals surface area contributed by atoms with Crippen LogP contribution in [0.3, 0.4) is 0 Å². The molecule has 0 aromatic carbocycles. The number of hydrogen-bond donors (Lipinski definition) is 0. The first kappa shape index (κ1) is 13.6. The van der Waals surface area contributed by atoms with E-state index < -0.39 is 0 Å². The molecule has 0 nitrogen and oxygen atoms in total. The van der Waals surface area contributed by atoms with Crippen molar-refractivity contribution in [3.8, 4) is 0 Å². The van der Waals surface area contributed by atoms with Crippen LogP contribution in [0, 0.1) is 5.92 Å². The molecule has 0 saturated heterocycles. The molecule has 0 N–H and O–H groups in total. The van der Waals surface area contributed by atoms with Crippen molar-refractivity contribution in [2.75, 3.05) is 0 Å². The van der Waals surface area contributed by atoms with E-state index in [9.17, 15) is 0 Å². The molecule has 0 amide bonds. The molecule has 0 heterocycles. The molecule has 0 unspecified atom stereocenters. The van der Waals surface area contributed by atoms with Gasteiger partial charge in [-0.2, -0.15) is 0 Å². The number of hydrogen-bond acceptors (Lipinski definition) is 0. The topological polar surface area (TPSA) is 0 Å². The maximum atomic E-state index is 2.25. The van der Waals surface area contributed by atoms with Gasteiger partial charge in [-0.25, -0.2) is 0 Å². The molecule has 0 fully saturated rings. The molecule has 0 atom stereocenters. The van der Waals surface area contributed by atoms with Crippen LogP contribution in [0.1, 0.15) is 66.7 Å². The summed E-state index contributed by atoms with van der Waals surface area (Å²) in [7, 11) is 0. The molecule has 0 aromatic heterocycles. The van der Waals surface area contributed by atoms with Crippen LogP contribution in [0.4, 0.5) is 0 Å². The summed E-state index contributed by atoms with van der Waals surface area (Å²) in [5.74, 6) is 0.898. The smallest absolute Gasteiger partial charge is 0.0471 e. The van der Waals surface area contributed by atoms with Gasteiger partial charge in [-0.05, 0) is 5.92 Å². The third-order valence-electron chi connectivity index (χ3n) is 1.57. The van der Waals surface area contributed by atoms with Crippen LogP contribution >= 0.6 is 0 Å². The molecule has 0 aliphatic heterocycles. The maximum Gasteiger partial charge on any atom is -0.0471 e. The lowest BCUT2D eigenvalue weighted by atomic mass is 10.1. The highest BCUT2D eigenvalue weighted by Crippen LogP contribution is 2.00. The quantitative estimate of drug-likeness (QED) is 0.559. The summed E-state index contributed by atoms with van der Waals surface area (Å²) in [5.41, 5.74) is 0. The van der Waals surface area contributed by atoms with E-state index in [4.69, 9.17) is 0 Å². The molecule has 0 saturated carbocycles. The molecule has 70 valence electrons. The van der Waals surface area contributed by atoms with Gasteiger partial charge < -0.3 is 0 Å². The van der Waals surface area contributed by atoms with Crippen LogP contribution in [0.2, 0.25) is 0 Å². The van der Waals surface area contributed by atoms with Crippen LogP contribution in [0.25, 0.3) is 0 Å². The second kappa shape index (κ2) is 12.7. The van der Waals surface area contributed by atoms with Gasteiger partial charge in [0.25, 0.3) is 0 Å². The molecule has 0 aliphatic carbocycles. The highest BCUT2D eigenvalue weighted by Gasteiger charge is 1.85. The molecule has 0 aromatic rings. The summed E-state index contributed by atoms with van der Waals surface area (Å²) in [6.07, 6.45) is 6.78. The first-order valence-electron chi connectivity index (χ1n) is 5.18. The van der Waals surface area contributed by atoms with Gasteiger partial charge in [0.2, 0.25) is 0 Å². The average molecular weight is 158 g/mol. The Morgan fingerprint density at radius 3 is 1.27 bits per heavy atom. The fraction of sp³-hybridized carbons (Fsp3) is 1.00. The monoisotopic (exact) mass is 158 g/mol. The first-order chi connectivity index (χ1) is 5.18. The van der Waals surface area contributed by atoms with Gasteiger partial charge in [-0.15, -0.1) is 0 Å². The second-order valence-electron chi connectivity index (χ2n) is 3.54. The Bertz CT molecular complexity index is 44.0. The molecule has 0 radical (unpaired) electrons. The Kier molecular flexibility index (Phi) is 15.6. The third kappa shape index (κ3) is 25.6. The van der Waals surface area contributed by atoms with Crippen LogP contribution in [0.5, 0.6) is 0 Å². The Hall–Kier alpha value is 0. The van der Waals surface area contributed by atoms with E-state index in [-0.39, 0.29) is 0 Å². The summed E-state index contributed by atoms with van der Waals surface area (Å²) in [6.45, 7) is 11.2. The van der Waals surface area contributed by atoms with Crippen LogP contribution in [-0.4, -0.2) is 0 Å². The van der Waals surface area contributed by atoms with Gasteiger partial charge in [0, 0.05) is 0 Å². The molecule has 0 bridgehead atoms. The zero-order valence-electron chi connectivity index (χ0n) is 9.11. The zero-order valence-corrected chi connectivity index (χ0v) is 9.11. The zero-order chi connectivity index (χ0) is 9.11. The SMILES string of the molecule is CCCC(C)C.CCCCC. The number of unbranched alkanes of at least 4 members (excludes halogenated alkanes) is 2. The van der Waals surface area contributed by atoms with E-state index in [2.05, 4.69) is 34.6 Å².